The molecule has 3 heterocycles. The number of hydrogen-bond acceptors (Lipinski definition) is 6. The van der Waals surface area contributed by atoms with Crippen molar-refractivity contribution in [1.29, 1.82) is 0 Å². The lowest BCUT2D eigenvalue weighted by atomic mass is 10.1. The Hall–Kier alpha value is -2.70. The second kappa shape index (κ2) is 6.20. The van der Waals surface area contributed by atoms with Gasteiger partial charge in [-0.1, -0.05) is 0 Å². The molecule has 1 unspecified atom stereocenters. The summed E-state index contributed by atoms with van der Waals surface area (Å²) in [6.45, 7) is 0.706. The van der Waals surface area contributed by atoms with Crippen LogP contribution >= 0.6 is 0 Å². The van der Waals surface area contributed by atoms with Gasteiger partial charge in [0.15, 0.2) is 0 Å². The zero-order chi connectivity index (χ0) is 16.4. The first-order valence-electron chi connectivity index (χ1n) is 7.59. The van der Waals surface area contributed by atoms with Gasteiger partial charge in [-0.15, -0.1) is 5.10 Å². The predicted octanol–water partition coefficient (Wildman–Crippen LogP) is 1.50. The Kier molecular flexibility index (Phi) is 4.10. The summed E-state index contributed by atoms with van der Waals surface area (Å²) in [5.74, 6) is 0.356. The maximum Gasteiger partial charge on any atom is 0.258 e. The zero-order valence-electron chi connectivity index (χ0n) is 13.3. The fraction of sp³-hybridized carbons (Fsp3) is 0.375. The highest BCUT2D eigenvalue weighted by atomic mass is 16.2. The van der Waals surface area contributed by atoms with E-state index in [0.717, 1.165) is 24.2 Å². The lowest BCUT2D eigenvalue weighted by molar-refractivity contribution is 0.0732. The van der Waals surface area contributed by atoms with E-state index < -0.39 is 0 Å². The van der Waals surface area contributed by atoms with Crippen LogP contribution < -0.4 is 10.6 Å². The van der Waals surface area contributed by atoms with Crippen LogP contribution in [0.25, 0.3) is 0 Å². The van der Waals surface area contributed by atoms with Crippen molar-refractivity contribution in [3.8, 4) is 0 Å². The standard InChI is InChI=1S/C16H20N6O/c1-21(2)13-7-8-18-10-11(13)16(23)22-9-3-4-14(22)12-5-6-15(17)20-19-12/h5-8,10,14H,3-4,9H2,1-2H3,(H2,17,20). The van der Waals surface area contributed by atoms with E-state index in [0.29, 0.717) is 17.9 Å². The molecule has 7 nitrogen and oxygen atoms in total. The topological polar surface area (TPSA) is 88.2 Å². The van der Waals surface area contributed by atoms with Gasteiger partial charge in [-0.2, -0.15) is 5.10 Å². The van der Waals surface area contributed by atoms with Crippen LogP contribution in [0.15, 0.2) is 30.6 Å². The van der Waals surface area contributed by atoms with Gasteiger partial charge < -0.3 is 15.5 Å². The van der Waals surface area contributed by atoms with Crippen LogP contribution in [0.2, 0.25) is 0 Å². The van der Waals surface area contributed by atoms with E-state index in [1.54, 1.807) is 18.5 Å². The Balaban J connectivity index is 1.91. The van der Waals surface area contributed by atoms with E-state index in [1.807, 2.05) is 36.0 Å². The van der Waals surface area contributed by atoms with Crippen LogP contribution in [0.5, 0.6) is 0 Å². The molecule has 0 aliphatic carbocycles. The second-order valence-corrected chi connectivity index (χ2v) is 5.83. The van der Waals surface area contributed by atoms with Crippen molar-refractivity contribution in [2.24, 2.45) is 0 Å². The quantitative estimate of drug-likeness (QED) is 0.924. The smallest absolute Gasteiger partial charge is 0.258 e. The Bertz CT molecular complexity index is 700. The minimum Gasteiger partial charge on any atom is -0.382 e. The van der Waals surface area contributed by atoms with E-state index in [2.05, 4.69) is 15.2 Å². The van der Waals surface area contributed by atoms with Crippen molar-refractivity contribution in [2.75, 3.05) is 31.3 Å². The lowest BCUT2D eigenvalue weighted by Gasteiger charge is -2.26. The van der Waals surface area contributed by atoms with E-state index in [4.69, 9.17) is 5.73 Å². The zero-order valence-corrected chi connectivity index (χ0v) is 13.3. The Morgan fingerprint density at radius 2 is 2.13 bits per heavy atom. The third-order valence-corrected chi connectivity index (χ3v) is 4.07. The Morgan fingerprint density at radius 1 is 1.30 bits per heavy atom. The van der Waals surface area contributed by atoms with Gasteiger partial charge in [0.05, 0.1) is 23.0 Å². The first-order chi connectivity index (χ1) is 11.1. The van der Waals surface area contributed by atoms with Crippen molar-refractivity contribution in [2.45, 2.75) is 18.9 Å². The van der Waals surface area contributed by atoms with Crippen molar-refractivity contribution in [3.05, 3.63) is 41.9 Å². The van der Waals surface area contributed by atoms with E-state index in [1.165, 1.54) is 0 Å². The summed E-state index contributed by atoms with van der Waals surface area (Å²) < 4.78 is 0. The summed E-state index contributed by atoms with van der Waals surface area (Å²) in [5.41, 5.74) is 7.84. The lowest BCUT2D eigenvalue weighted by Crippen LogP contribution is -2.32. The molecule has 0 bridgehead atoms. The third-order valence-electron chi connectivity index (χ3n) is 4.07. The molecular weight excluding hydrogens is 292 g/mol. The number of hydrogen-bond donors (Lipinski definition) is 1. The molecule has 1 fully saturated rings. The molecule has 0 aromatic carbocycles. The normalized spacial score (nSPS) is 17.3. The van der Waals surface area contributed by atoms with Gasteiger partial charge in [0.2, 0.25) is 0 Å². The van der Waals surface area contributed by atoms with Crippen molar-refractivity contribution in [3.63, 3.8) is 0 Å². The molecule has 120 valence electrons. The van der Waals surface area contributed by atoms with Gasteiger partial charge in [-0.3, -0.25) is 9.78 Å². The number of aromatic nitrogens is 3. The van der Waals surface area contributed by atoms with Gasteiger partial charge in [0.1, 0.15) is 5.82 Å². The number of rotatable bonds is 3. The summed E-state index contributed by atoms with van der Waals surface area (Å²) in [6, 6.07) is 5.35. The molecule has 2 N–H and O–H groups in total. The largest absolute Gasteiger partial charge is 0.382 e. The van der Waals surface area contributed by atoms with Crippen LogP contribution in [0, 0.1) is 0 Å². The van der Waals surface area contributed by atoms with Gasteiger partial charge in [0, 0.05) is 33.0 Å². The average Bonchev–Trinajstić information content (AvgIpc) is 3.04. The number of nitrogens with two attached hydrogens (primary N) is 1. The molecule has 3 rings (SSSR count). The summed E-state index contributed by atoms with van der Waals surface area (Å²) in [4.78, 5) is 20.9. The van der Waals surface area contributed by atoms with Crippen molar-refractivity contribution >= 4 is 17.4 Å². The van der Waals surface area contributed by atoms with Gasteiger partial charge in [-0.25, -0.2) is 0 Å². The third kappa shape index (κ3) is 2.94. The van der Waals surface area contributed by atoms with E-state index in [-0.39, 0.29) is 11.9 Å². The first kappa shape index (κ1) is 15.2. The Morgan fingerprint density at radius 3 is 2.83 bits per heavy atom. The molecule has 1 saturated heterocycles. The summed E-state index contributed by atoms with van der Waals surface area (Å²) in [5, 5.41) is 8.05. The number of pyridine rings is 1. The SMILES string of the molecule is CN(C)c1ccncc1C(=O)N1CCCC1c1ccc(N)nn1. The van der Waals surface area contributed by atoms with E-state index >= 15 is 0 Å². The summed E-state index contributed by atoms with van der Waals surface area (Å²) in [6.07, 6.45) is 5.14. The fourth-order valence-corrected chi connectivity index (χ4v) is 2.94. The molecule has 23 heavy (non-hydrogen) atoms. The minimum atomic E-state index is -0.0641. The van der Waals surface area contributed by atoms with Gasteiger partial charge in [0.25, 0.3) is 5.91 Å². The highest BCUT2D eigenvalue weighted by molar-refractivity contribution is 5.99. The van der Waals surface area contributed by atoms with Crippen molar-refractivity contribution < 1.29 is 4.79 Å². The molecule has 0 saturated carbocycles. The molecule has 2 aromatic heterocycles. The second-order valence-electron chi connectivity index (χ2n) is 5.83. The highest BCUT2D eigenvalue weighted by Gasteiger charge is 2.33. The molecule has 0 radical (unpaired) electrons. The molecule has 1 aliphatic heterocycles. The highest BCUT2D eigenvalue weighted by Crippen LogP contribution is 2.33. The predicted molar refractivity (Wildman–Crippen MR) is 88.0 cm³/mol. The maximum absolute atomic E-state index is 13.0. The molecule has 2 aromatic rings. The number of anilines is 2. The number of carbonyl (C=O) groups is 1. The van der Waals surface area contributed by atoms with Gasteiger partial charge >= 0.3 is 0 Å². The molecule has 1 amide bonds. The average molecular weight is 312 g/mol. The minimum absolute atomic E-state index is 0.0251. The van der Waals surface area contributed by atoms with Gasteiger partial charge in [-0.05, 0) is 31.0 Å². The van der Waals surface area contributed by atoms with Crippen molar-refractivity contribution in [1.82, 2.24) is 20.1 Å². The van der Waals surface area contributed by atoms with Crippen LogP contribution in [0.1, 0.15) is 34.9 Å². The van der Waals surface area contributed by atoms with Crippen LogP contribution in [0.4, 0.5) is 11.5 Å². The summed E-state index contributed by atoms with van der Waals surface area (Å²) >= 11 is 0. The molecule has 7 heteroatoms. The van der Waals surface area contributed by atoms with Crippen LogP contribution in [0.3, 0.4) is 0 Å². The Labute approximate surface area is 135 Å². The maximum atomic E-state index is 13.0. The number of likely N-dealkylation sites (tertiary alicyclic amines) is 1. The molecule has 1 aliphatic rings. The van der Waals surface area contributed by atoms with Crippen LogP contribution in [-0.4, -0.2) is 46.6 Å². The van der Waals surface area contributed by atoms with E-state index in [9.17, 15) is 4.79 Å². The number of nitrogens with zero attached hydrogens (tertiary/aromatic N) is 5. The molecule has 0 spiro atoms. The first-order valence-corrected chi connectivity index (χ1v) is 7.59. The number of nitrogen functional groups attached to an aromatic ring is 1. The summed E-state index contributed by atoms with van der Waals surface area (Å²) in [7, 11) is 3.83. The molecular formula is C16H20N6O. The van der Waals surface area contributed by atoms with Crippen LogP contribution in [-0.2, 0) is 0 Å². The fourth-order valence-electron chi connectivity index (χ4n) is 2.94. The number of amides is 1. The monoisotopic (exact) mass is 312 g/mol. The molecule has 1 atom stereocenters. The number of carbonyl (C=O) groups excluding carboxylic acids is 1.